The molecule has 5 nitrogen and oxygen atoms in total. The molecule has 3 rings (SSSR count). The van der Waals surface area contributed by atoms with Gasteiger partial charge in [0.2, 0.25) is 0 Å². The van der Waals surface area contributed by atoms with Crippen molar-refractivity contribution in [3.05, 3.63) is 35.7 Å². The molecule has 3 aromatic rings. The van der Waals surface area contributed by atoms with Crippen LogP contribution in [0, 0.1) is 6.92 Å². The third-order valence-electron chi connectivity index (χ3n) is 3.21. The summed E-state index contributed by atoms with van der Waals surface area (Å²) < 4.78 is 6.86. The molecule has 0 fully saturated rings. The molecule has 1 aromatic carbocycles. The molecule has 0 saturated heterocycles. The first-order valence-corrected chi connectivity index (χ1v) is 5.78. The molecule has 2 heterocycles. The van der Waals surface area contributed by atoms with Crippen LogP contribution in [-0.2, 0) is 13.6 Å². The summed E-state index contributed by atoms with van der Waals surface area (Å²) in [4.78, 5) is 0. The van der Waals surface area contributed by atoms with Crippen molar-refractivity contribution in [3.8, 4) is 11.3 Å². The zero-order valence-electron chi connectivity index (χ0n) is 10.3. The van der Waals surface area contributed by atoms with E-state index in [2.05, 4.69) is 40.1 Å². The fraction of sp³-hybridized carbons (Fsp3) is 0.231. The van der Waals surface area contributed by atoms with Crippen LogP contribution < -0.4 is 5.73 Å². The predicted octanol–water partition coefficient (Wildman–Crippen LogP) is 2.00. The van der Waals surface area contributed by atoms with Gasteiger partial charge in [0.15, 0.2) is 0 Å². The smallest absolute Gasteiger partial charge is 0.139 e. The molecule has 0 aliphatic carbocycles. The number of aryl methyl sites for hydroxylation is 2. The molecule has 5 heteroatoms. The van der Waals surface area contributed by atoms with E-state index in [0.29, 0.717) is 12.2 Å². The summed E-state index contributed by atoms with van der Waals surface area (Å²) in [5.74, 6) is 0. The lowest BCUT2D eigenvalue weighted by atomic mass is 10.1. The zero-order valence-corrected chi connectivity index (χ0v) is 10.3. The molecular weight excluding hydrogens is 228 g/mol. The number of fused-ring (bicyclic) bond motifs is 1. The predicted molar refractivity (Wildman–Crippen MR) is 68.8 cm³/mol. The highest BCUT2D eigenvalue weighted by Crippen LogP contribution is 2.27. The largest absolute Gasteiger partial charge is 0.350 e. The van der Waals surface area contributed by atoms with Gasteiger partial charge in [-0.2, -0.15) is 0 Å². The van der Waals surface area contributed by atoms with Gasteiger partial charge in [-0.25, -0.2) is 4.63 Å². The molecule has 0 unspecified atom stereocenters. The maximum atomic E-state index is 5.61. The van der Waals surface area contributed by atoms with E-state index in [-0.39, 0.29) is 0 Å². The van der Waals surface area contributed by atoms with Gasteiger partial charge in [0, 0.05) is 36.3 Å². The van der Waals surface area contributed by atoms with Gasteiger partial charge in [0.1, 0.15) is 11.4 Å². The molecular formula is C13H14N4O. The van der Waals surface area contributed by atoms with Crippen LogP contribution in [0.15, 0.2) is 29.0 Å². The zero-order chi connectivity index (χ0) is 12.7. The van der Waals surface area contributed by atoms with Crippen molar-refractivity contribution in [3.63, 3.8) is 0 Å². The topological polar surface area (TPSA) is 69.9 Å². The van der Waals surface area contributed by atoms with Crippen molar-refractivity contribution < 1.29 is 4.63 Å². The number of aromatic nitrogens is 3. The van der Waals surface area contributed by atoms with Crippen molar-refractivity contribution in [2.24, 2.45) is 12.8 Å². The minimum Gasteiger partial charge on any atom is -0.350 e. The van der Waals surface area contributed by atoms with Crippen molar-refractivity contribution in [1.29, 1.82) is 0 Å². The quantitative estimate of drug-likeness (QED) is 0.746. The summed E-state index contributed by atoms with van der Waals surface area (Å²) in [5, 5.41) is 8.94. The standard InChI is InChI=1S/C13H14N4O/c1-8-7-17(2)12-4-3-9(5-10(8)12)13-11(6-14)15-18-16-13/h3-5,7H,6,14H2,1-2H3. The van der Waals surface area contributed by atoms with Crippen molar-refractivity contribution >= 4 is 10.9 Å². The lowest BCUT2D eigenvalue weighted by molar-refractivity contribution is 0.304. The second-order valence-electron chi connectivity index (χ2n) is 4.42. The first-order valence-electron chi connectivity index (χ1n) is 5.78. The minimum absolute atomic E-state index is 0.324. The Labute approximate surface area is 104 Å². The van der Waals surface area contributed by atoms with Gasteiger partial charge in [0.25, 0.3) is 0 Å². The second kappa shape index (κ2) is 3.96. The monoisotopic (exact) mass is 242 g/mol. The first-order chi connectivity index (χ1) is 8.70. The number of nitrogens with two attached hydrogens (primary N) is 1. The Morgan fingerprint density at radius 1 is 1.33 bits per heavy atom. The Morgan fingerprint density at radius 2 is 2.17 bits per heavy atom. The van der Waals surface area contributed by atoms with E-state index in [9.17, 15) is 0 Å². The van der Waals surface area contributed by atoms with E-state index in [1.165, 1.54) is 16.5 Å². The number of hydrogen-bond acceptors (Lipinski definition) is 4. The van der Waals surface area contributed by atoms with E-state index < -0.39 is 0 Å². The normalized spacial score (nSPS) is 11.3. The second-order valence-corrected chi connectivity index (χ2v) is 4.42. The first kappa shape index (κ1) is 11.0. The average molecular weight is 242 g/mol. The minimum atomic E-state index is 0.324. The summed E-state index contributed by atoms with van der Waals surface area (Å²) in [6.45, 7) is 2.42. The molecule has 2 N–H and O–H groups in total. The molecule has 0 aliphatic heterocycles. The van der Waals surface area contributed by atoms with E-state index in [4.69, 9.17) is 10.4 Å². The van der Waals surface area contributed by atoms with Gasteiger partial charge >= 0.3 is 0 Å². The third kappa shape index (κ3) is 1.52. The summed E-state index contributed by atoms with van der Waals surface area (Å²) in [6.07, 6.45) is 2.11. The molecule has 0 bridgehead atoms. The van der Waals surface area contributed by atoms with Gasteiger partial charge in [-0.15, -0.1) is 0 Å². The fourth-order valence-electron chi connectivity index (χ4n) is 2.30. The van der Waals surface area contributed by atoms with Gasteiger partial charge in [0.05, 0.1) is 0 Å². The number of benzene rings is 1. The molecule has 0 saturated carbocycles. The maximum absolute atomic E-state index is 5.61. The van der Waals surface area contributed by atoms with Gasteiger partial charge < -0.3 is 10.3 Å². The maximum Gasteiger partial charge on any atom is 0.139 e. The van der Waals surface area contributed by atoms with Crippen LogP contribution in [0.4, 0.5) is 0 Å². The lowest BCUT2D eigenvalue weighted by Crippen LogP contribution is -1.98. The van der Waals surface area contributed by atoms with Gasteiger partial charge in [-0.1, -0.05) is 11.2 Å². The van der Waals surface area contributed by atoms with Crippen molar-refractivity contribution in [1.82, 2.24) is 14.9 Å². The van der Waals surface area contributed by atoms with Crippen LogP contribution in [0.3, 0.4) is 0 Å². The fourth-order valence-corrected chi connectivity index (χ4v) is 2.30. The van der Waals surface area contributed by atoms with Gasteiger partial charge in [-0.3, -0.25) is 0 Å². The highest BCUT2D eigenvalue weighted by molar-refractivity contribution is 5.88. The number of nitrogens with zero attached hydrogens (tertiary/aromatic N) is 3. The molecule has 0 radical (unpaired) electrons. The van der Waals surface area contributed by atoms with E-state index in [0.717, 1.165) is 11.3 Å². The van der Waals surface area contributed by atoms with E-state index in [1.807, 2.05) is 13.1 Å². The van der Waals surface area contributed by atoms with Crippen LogP contribution in [0.2, 0.25) is 0 Å². The SMILES string of the molecule is Cc1cn(C)c2ccc(-c3nonc3CN)cc12. The van der Waals surface area contributed by atoms with Crippen LogP contribution >= 0.6 is 0 Å². The lowest BCUT2D eigenvalue weighted by Gasteiger charge is -2.00. The highest BCUT2D eigenvalue weighted by atomic mass is 16.6. The van der Waals surface area contributed by atoms with Crippen LogP contribution in [0.1, 0.15) is 11.3 Å². The summed E-state index contributed by atoms with van der Waals surface area (Å²) >= 11 is 0. The Bertz CT molecular complexity index is 711. The Balaban J connectivity index is 2.22. The van der Waals surface area contributed by atoms with Crippen LogP contribution in [-0.4, -0.2) is 14.9 Å². The third-order valence-corrected chi connectivity index (χ3v) is 3.21. The Hall–Kier alpha value is -2.14. The molecule has 92 valence electrons. The number of rotatable bonds is 2. The average Bonchev–Trinajstić information content (AvgIpc) is 2.95. The van der Waals surface area contributed by atoms with Crippen molar-refractivity contribution in [2.45, 2.75) is 13.5 Å². The van der Waals surface area contributed by atoms with Crippen LogP contribution in [0.25, 0.3) is 22.2 Å². The molecule has 18 heavy (non-hydrogen) atoms. The highest BCUT2D eigenvalue weighted by Gasteiger charge is 2.12. The molecule has 2 aromatic heterocycles. The van der Waals surface area contributed by atoms with E-state index in [1.54, 1.807) is 0 Å². The molecule has 0 atom stereocenters. The van der Waals surface area contributed by atoms with Crippen LogP contribution in [0.5, 0.6) is 0 Å². The Kier molecular flexibility index (Phi) is 2.41. The molecule has 0 spiro atoms. The van der Waals surface area contributed by atoms with E-state index >= 15 is 0 Å². The van der Waals surface area contributed by atoms with Gasteiger partial charge in [-0.05, 0) is 29.8 Å². The molecule has 0 amide bonds. The summed E-state index contributed by atoms with van der Waals surface area (Å²) in [7, 11) is 2.04. The summed E-state index contributed by atoms with van der Waals surface area (Å²) in [5.41, 5.74) is 10.4. The Morgan fingerprint density at radius 3 is 2.94 bits per heavy atom. The summed E-state index contributed by atoms with van der Waals surface area (Å²) in [6, 6.07) is 6.19. The number of hydrogen-bond donors (Lipinski definition) is 1. The molecule has 0 aliphatic rings. The van der Waals surface area contributed by atoms with Crippen molar-refractivity contribution in [2.75, 3.05) is 0 Å².